The maximum Gasteiger partial charge on any atom is 0.323 e. The zero-order valence-electron chi connectivity index (χ0n) is 9.83. The van der Waals surface area contributed by atoms with E-state index in [1.807, 2.05) is 24.3 Å². The molecule has 0 bridgehead atoms. The molecule has 0 aliphatic carbocycles. The third-order valence-electron chi connectivity index (χ3n) is 2.57. The number of carboxylic acids is 1. The molecule has 0 saturated heterocycles. The fourth-order valence-electron chi connectivity index (χ4n) is 1.67. The predicted molar refractivity (Wildman–Crippen MR) is 66.3 cm³/mol. The third-order valence-corrected chi connectivity index (χ3v) is 2.57. The number of aliphatic carboxylic acids is 1. The number of nitrogens with zero attached hydrogens (tertiary/aromatic N) is 2. The molecule has 1 N–H and O–H groups in total. The third kappa shape index (κ3) is 2.45. The van der Waals surface area contributed by atoms with Gasteiger partial charge in [0.1, 0.15) is 12.2 Å². The van der Waals surface area contributed by atoms with Crippen molar-refractivity contribution >= 4 is 22.6 Å². The molecule has 1 heterocycles. The van der Waals surface area contributed by atoms with Crippen LogP contribution in [0.4, 0.5) is 0 Å². The minimum atomic E-state index is -1.05. The van der Waals surface area contributed by atoms with E-state index in [1.165, 1.54) is 7.05 Å². The van der Waals surface area contributed by atoms with E-state index in [4.69, 9.17) is 5.11 Å². The van der Waals surface area contributed by atoms with Crippen LogP contribution < -0.4 is 0 Å². The highest BCUT2D eigenvalue weighted by atomic mass is 16.4. The Morgan fingerprint density at radius 2 is 1.94 bits per heavy atom. The molecule has 0 spiro atoms. The summed E-state index contributed by atoms with van der Waals surface area (Å²) in [4.78, 5) is 27.6. The van der Waals surface area contributed by atoms with E-state index >= 15 is 0 Å². The molecule has 1 aromatic carbocycles. The normalized spacial score (nSPS) is 10.3. The van der Waals surface area contributed by atoms with Crippen LogP contribution in [-0.4, -0.2) is 40.5 Å². The van der Waals surface area contributed by atoms with Gasteiger partial charge in [-0.3, -0.25) is 14.6 Å². The number of carbonyl (C=O) groups excluding carboxylic acids is 1. The van der Waals surface area contributed by atoms with E-state index < -0.39 is 11.9 Å². The van der Waals surface area contributed by atoms with Crippen LogP contribution in [0, 0.1) is 0 Å². The first kappa shape index (κ1) is 12.0. The van der Waals surface area contributed by atoms with Crippen molar-refractivity contribution in [3.05, 3.63) is 42.2 Å². The van der Waals surface area contributed by atoms with Crippen molar-refractivity contribution in [2.75, 3.05) is 13.6 Å². The Bertz CT molecular complexity index is 610. The van der Waals surface area contributed by atoms with Gasteiger partial charge in [-0.15, -0.1) is 0 Å². The second kappa shape index (κ2) is 4.83. The van der Waals surface area contributed by atoms with Crippen LogP contribution in [0.5, 0.6) is 0 Å². The molecule has 92 valence electrons. The number of rotatable bonds is 3. The number of carbonyl (C=O) groups is 2. The van der Waals surface area contributed by atoms with E-state index in [9.17, 15) is 9.59 Å². The first-order chi connectivity index (χ1) is 8.58. The number of likely N-dealkylation sites (N-methyl/N-ethyl adjacent to an activating group) is 1. The van der Waals surface area contributed by atoms with Crippen molar-refractivity contribution in [1.82, 2.24) is 9.88 Å². The van der Waals surface area contributed by atoms with Gasteiger partial charge in [0.25, 0.3) is 5.91 Å². The Balaban J connectivity index is 2.30. The Labute approximate surface area is 104 Å². The number of carboxylic acid groups (broad SMARTS) is 1. The lowest BCUT2D eigenvalue weighted by molar-refractivity contribution is -0.137. The molecule has 0 unspecified atom stereocenters. The number of amides is 1. The van der Waals surface area contributed by atoms with Gasteiger partial charge in [-0.2, -0.15) is 0 Å². The standard InChI is InChI=1S/C13H12N2O3/c1-15(8-12(16)17)13(18)11-6-9-4-2-3-5-10(9)7-14-11/h2-7H,8H2,1H3,(H,16,17). The van der Waals surface area contributed by atoms with Crippen LogP contribution in [0.3, 0.4) is 0 Å². The van der Waals surface area contributed by atoms with Gasteiger partial charge in [-0.05, 0) is 11.5 Å². The highest BCUT2D eigenvalue weighted by molar-refractivity contribution is 5.97. The van der Waals surface area contributed by atoms with Gasteiger partial charge in [0.15, 0.2) is 0 Å². The molecular weight excluding hydrogens is 232 g/mol. The minimum absolute atomic E-state index is 0.248. The van der Waals surface area contributed by atoms with Gasteiger partial charge in [0, 0.05) is 18.6 Å². The number of hydrogen-bond acceptors (Lipinski definition) is 3. The Morgan fingerprint density at radius 1 is 1.28 bits per heavy atom. The van der Waals surface area contributed by atoms with Crippen LogP contribution >= 0.6 is 0 Å². The predicted octanol–water partition coefficient (Wildman–Crippen LogP) is 1.39. The summed E-state index contributed by atoms with van der Waals surface area (Å²) in [5, 5.41) is 10.5. The van der Waals surface area contributed by atoms with E-state index in [0.29, 0.717) is 0 Å². The number of benzene rings is 1. The molecule has 0 aliphatic heterocycles. The second-order valence-corrected chi connectivity index (χ2v) is 3.97. The fourth-order valence-corrected chi connectivity index (χ4v) is 1.67. The van der Waals surface area contributed by atoms with Crippen LogP contribution in [0.1, 0.15) is 10.5 Å². The molecule has 5 heteroatoms. The number of aromatic nitrogens is 1. The summed E-state index contributed by atoms with van der Waals surface area (Å²) in [7, 11) is 1.44. The molecule has 18 heavy (non-hydrogen) atoms. The Morgan fingerprint density at radius 3 is 2.61 bits per heavy atom. The summed E-state index contributed by atoms with van der Waals surface area (Å²) >= 11 is 0. The summed E-state index contributed by atoms with van der Waals surface area (Å²) < 4.78 is 0. The van der Waals surface area contributed by atoms with Crippen molar-refractivity contribution in [2.24, 2.45) is 0 Å². The van der Waals surface area contributed by atoms with Gasteiger partial charge < -0.3 is 10.0 Å². The summed E-state index contributed by atoms with van der Waals surface area (Å²) in [6.45, 7) is -0.340. The fraction of sp³-hybridized carbons (Fsp3) is 0.154. The smallest absolute Gasteiger partial charge is 0.323 e. The Hall–Kier alpha value is -2.43. The van der Waals surface area contributed by atoms with Crippen molar-refractivity contribution in [3.8, 4) is 0 Å². The molecular formula is C13H12N2O3. The average molecular weight is 244 g/mol. The largest absolute Gasteiger partial charge is 0.480 e. The monoisotopic (exact) mass is 244 g/mol. The quantitative estimate of drug-likeness (QED) is 0.885. The zero-order valence-corrected chi connectivity index (χ0v) is 9.83. The van der Waals surface area contributed by atoms with Gasteiger partial charge in [0.05, 0.1) is 0 Å². The van der Waals surface area contributed by atoms with Crippen LogP contribution in [0.2, 0.25) is 0 Å². The van der Waals surface area contributed by atoms with Gasteiger partial charge in [0.2, 0.25) is 0 Å². The lowest BCUT2D eigenvalue weighted by Crippen LogP contribution is -2.32. The molecule has 1 amide bonds. The van der Waals surface area contributed by atoms with E-state index in [0.717, 1.165) is 15.7 Å². The van der Waals surface area contributed by atoms with Crippen molar-refractivity contribution in [3.63, 3.8) is 0 Å². The minimum Gasteiger partial charge on any atom is -0.480 e. The van der Waals surface area contributed by atoms with E-state index in [-0.39, 0.29) is 12.2 Å². The topological polar surface area (TPSA) is 70.5 Å². The van der Waals surface area contributed by atoms with Gasteiger partial charge >= 0.3 is 5.97 Å². The summed E-state index contributed by atoms with van der Waals surface area (Å²) in [6, 6.07) is 9.21. The van der Waals surface area contributed by atoms with Gasteiger partial charge in [-0.1, -0.05) is 24.3 Å². The highest BCUT2D eigenvalue weighted by Gasteiger charge is 2.15. The van der Waals surface area contributed by atoms with E-state index in [1.54, 1.807) is 12.3 Å². The second-order valence-electron chi connectivity index (χ2n) is 3.97. The molecule has 0 radical (unpaired) electrons. The molecule has 0 aliphatic rings. The first-order valence-corrected chi connectivity index (χ1v) is 5.40. The Kier molecular flexibility index (Phi) is 3.23. The molecule has 2 aromatic rings. The summed E-state index contributed by atoms with van der Waals surface area (Å²) in [5.41, 5.74) is 0.248. The first-order valence-electron chi connectivity index (χ1n) is 5.40. The average Bonchev–Trinajstić information content (AvgIpc) is 2.36. The van der Waals surface area contributed by atoms with Crippen molar-refractivity contribution < 1.29 is 14.7 Å². The zero-order chi connectivity index (χ0) is 13.1. The number of pyridine rings is 1. The van der Waals surface area contributed by atoms with E-state index in [2.05, 4.69) is 4.98 Å². The highest BCUT2D eigenvalue weighted by Crippen LogP contribution is 2.14. The SMILES string of the molecule is CN(CC(=O)O)C(=O)c1cc2ccccc2cn1. The molecule has 0 fully saturated rings. The molecule has 2 rings (SSSR count). The summed E-state index contributed by atoms with van der Waals surface area (Å²) in [5.74, 6) is -1.45. The lowest BCUT2D eigenvalue weighted by atomic mass is 10.1. The van der Waals surface area contributed by atoms with Crippen LogP contribution in [0.25, 0.3) is 10.8 Å². The van der Waals surface area contributed by atoms with Crippen molar-refractivity contribution in [1.29, 1.82) is 0 Å². The number of fused-ring (bicyclic) bond motifs is 1. The lowest BCUT2D eigenvalue weighted by Gasteiger charge is -2.13. The molecule has 0 atom stereocenters. The maximum atomic E-state index is 11.9. The molecule has 0 saturated carbocycles. The molecule has 1 aromatic heterocycles. The number of hydrogen-bond donors (Lipinski definition) is 1. The van der Waals surface area contributed by atoms with Crippen molar-refractivity contribution in [2.45, 2.75) is 0 Å². The maximum absolute atomic E-state index is 11.9. The summed E-state index contributed by atoms with van der Waals surface area (Å²) in [6.07, 6.45) is 1.61. The molecule has 5 nitrogen and oxygen atoms in total. The van der Waals surface area contributed by atoms with Crippen LogP contribution in [-0.2, 0) is 4.79 Å². The van der Waals surface area contributed by atoms with Gasteiger partial charge in [-0.25, -0.2) is 0 Å². The van der Waals surface area contributed by atoms with Crippen LogP contribution in [0.15, 0.2) is 36.5 Å².